The number of aryl methyl sites for hydroxylation is 1. The lowest BCUT2D eigenvalue weighted by atomic mass is 10.2. The van der Waals surface area contributed by atoms with E-state index in [-0.39, 0.29) is 11.4 Å². The van der Waals surface area contributed by atoms with Gasteiger partial charge < -0.3 is 0 Å². The third kappa shape index (κ3) is 4.19. The van der Waals surface area contributed by atoms with Gasteiger partial charge in [-0.15, -0.1) is 10.2 Å². The number of thioether (sulfide) groups is 1. The summed E-state index contributed by atoms with van der Waals surface area (Å²) in [5, 5.41) is 14.4. The molecule has 0 bridgehead atoms. The second-order valence-electron chi connectivity index (χ2n) is 7.07. The molecule has 10 heteroatoms. The largest absolute Gasteiger partial charge is 0.298 e. The molecule has 0 saturated carbocycles. The minimum atomic E-state index is -0.302. The fourth-order valence-corrected chi connectivity index (χ4v) is 4.88. The molecule has 0 aliphatic rings. The zero-order valence-electron chi connectivity index (χ0n) is 17.0. The van der Waals surface area contributed by atoms with Gasteiger partial charge in [-0.3, -0.25) is 9.36 Å². The van der Waals surface area contributed by atoms with Crippen LogP contribution in [0.15, 0.2) is 70.6 Å². The Balaban J connectivity index is 1.48. The smallest absolute Gasteiger partial charge is 0.275 e. The average Bonchev–Trinajstić information content (AvgIpc) is 3.36. The highest BCUT2D eigenvalue weighted by atomic mass is 32.2. The van der Waals surface area contributed by atoms with E-state index in [0.717, 1.165) is 16.1 Å². The van der Waals surface area contributed by atoms with Gasteiger partial charge in [-0.05, 0) is 36.8 Å². The van der Waals surface area contributed by atoms with Gasteiger partial charge in [0.1, 0.15) is 10.8 Å². The SMILES string of the molecule is Cc1nn2c(=O)cc(CSc3nnc(-c4ccc(F)cc4)n3Cc3ccccc3)nc2s1. The first-order valence-corrected chi connectivity index (χ1v) is 11.6. The molecule has 0 aliphatic heterocycles. The maximum absolute atomic E-state index is 13.4. The van der Waals surface area contributed by atoms with E-state index >= 15 is 0 Å². The molecule has 0 saturated heterocycles. The molecule has 5 rings (SSSR count). The summed E-state index contributed by atoms with van der Waals surface area (Å²) in [6.45, 7) is 2.41. The van der Waals surface area contributed by atoms with Crippen molar-refractivity contribution >= 4 is 28.1 Å². The molecule has 0 unspecified atom stereocenters. The van der Waals surface area contributed by atoms with Crippen LogP contribution in [-0.2, 0) is 12.3 Å². The predicted octanol–water partition coefficient (Wildman–Crippen LogP) is 4.20. The number of hydrogen-bond donors (Lipinski definition) is 0. The zero-order chi connectivity index (χ0) is 22.1. The van der Waals surface area contributed by atoms with Crippen LogP contribution in [0.5, 0.6) is 0 Å². The molecule has 0 atom stereocenters. The van der Waals surface area contributed by atoms with Gasteiger partial charge in [0, 0.05) is 17.4 Å². The van der Waals surface area contributed by atoms with Crippen LogP contribution in [0, 0.1) is 12.7 Å². The molecule has 5 aromatic rings. The van der Waals surface area contributed by atoms with E-state index in [9.17, 15) is 9.18 Å². The average molecular weight is 465 g/mol. The number of nitrogens with zero attached hydrogens (tertiary/aromatic N) is 6. The summed E-state index contributed by atoms with van der Waals surface area (Å²) >= 11 is 2.83. The van der Waals surface area contributed by atoms with Crippen LogP contribution in [0.3, 0.4) is 0 Å². The molecule has 160 valence electrons. The summed E-state index contributed by atoms with van der Waals surface area (Å²) in [5.41, 5.74) is 2.32. The van der Waals surface area contributed by atoms with Crippen LogP contribution < -0.4 is 5.56 Å². The highest BCUT2D eigenvalue weighted by Crippen LogP contribution is 2.27. The summed E-state index contributed by atoms with van der Waals surface area (Å²) in [5.74, 6) is 0.806. The normalized spacial score (nSPS) is 11.3. The van der Waals surface area contributed by atoms with Gasteiger partial charge in [-0.1, -0.05) is 53.4 Å². The van der Waals surface area contributed by atoms with E-state index in [4.69, 9.17) is 0 Å². The highest BCUT2D eigenvalue weighted by Gasteiger charge is 2.16. The van der Waals surface area contributed by atoms with E-state index < -0.39 is 0 Å². The van der Waals surface area contributed by atoms with Crippen molar-refractivity contribution in [2.24, 2.45) is 0 Å². The molecule has 0 fully saturated rings. The van der Waals surface area contributed by atoms with Crippen molar-refractivity contribution in [1.29, 1.82) is 0 Å². The monoisotopic (exact) mass is 464 g/mol. The number of aromatic nitrogens is 6. The molecule has 0 spiro atoms. The topological polar surface area (TPSA) is 78.0 Å². The third-order valence-electron chi connectivity index (χ3n) is 4.75. The van der Waals surface area contributed by atoms with Crippen LogP contribution >= 0.6 is 23.1 Å². The number of halogens is 1. The van der Waals surface area contributed by atoms with Gasteiger partial charge in [-0.25, -0.2) is 9.37 Å². The lowest BCUT2D eigenvalue weighted by Gasteiger charge is -2.10. The Morgan fingerprint density at radius 3 is 2.62 bits per heavy atom. The van der Waals surface area contributed by atoms with E-state index in [1.54, 1.807) is 12.1 Å². The molecule has 2 aromatic carbocycles. The Kier molecular flexibility index (Phi) is 5.54. The predicted molar refractivity (Wildman–Crippen MR) is 122 cm³/mol. The van der Waals surface area contributed by atoms with Gasteiger partial charge in [0.25, 0.3) is 5.56 Å². The number of benzene rings is 2. The maximum Gasteiger partial charge on any atom is 0.275 e. The van der Waals surface area contributed by atoms with Crippen LogP contribution in [0.1, 0.15) is 16.3 Å². The van der Waals surface area contributed by atoms with Crippen LogP contribution in [-0.4, -0.2) is 29.4 Å². The van der Waals surface area contributed by atoms with Crippen molar-refractivity contribution in [3.8, 4) is 11.4 Å². The van der Waals surface area contributed by atoms with Crippen molar-refractivity contribution in [2.75, 3.05) is 0 Å². The molecular formula is C22H17FN6OS2. The van der Waals surface area contributed by atoms with Crippen LogP contribution in [0.2, 0.25) is 0 Å². The second-order valence-corrected chi connectivity index (χ2v) is 9.18. The van der Waals surface area contributed by atoms with E-state index in [2.05, 4.69) is 20.3 Å². The van der Waals surface area contributed by atoms with Gasteiger partial charge in [0.2, 0.25) is 4.96 Å². The first-order valence-electron chi connectivity index (χ1n) is 9.79. The fourth-order valence-electron chi connectivity index (χ4n) is 3.28. The van der Waals surface area contributed by atoms with Crippen molar-refractivity contribution in [3.63, 3.8) is 0 Å². The summed E-state index contributed by atoms with van der Waals surface area (Å²) in [6.07, 6.45) is 0. The Hall–Kier alpha value is -3.37. The fraction of sp³-hybridized carbons (Fsp3) is 0.136. The van der Waals surface area contributed by atoms with Gasteiger partial charge >= 0.3 is 0 Å². The first kappa shape index (κ1) is 20.5. The van der Waals surface area contributed by atoms with Crippen LogP contribution in [0.4, 0.5) is 4.39 Å². The first-order chi connectivity index (χ1) is 15.6. The Morgan fingerprint density at radius 1 is 1.06 bits per heavy atom. The highest BCUT2D eigenvalue weighted by molar-refractivity contribution is 7.98. The lowest BCUT2D eigenvalue weighted by molar-refractivity contribution is 0.628. The molecular weight excluding hydrogens is 447 g/mol. The standard InChI is InChI=1S/C22H17FN6OS2/c1-14-27-29-19(30)11-18(24-21(29)32-14)13-31-22-26-25-20(16-7-9-17(23)10-8-16)28(22)12-15-5-3-2-4-6-15/h2-11H,12-13H2,1H3. The molecule has 0 radical (unpaired) electrons. The van der Waals surface area contributed by atoms with Gasteiger partial charge in [-0.2, -0.15) is 9.61 Å². The Labute approximate surface area is 190 Å². The third-order valence-corrected chi connectivity index (χ3v) is 6.58. The maximum atomic E-state index is 13.4. The zero-order valence-corrected chi connectivity index (χ0v) is 18.6. The second kappa shape index (κ2) is 8.64. The number of rotatable bonds is 6. The quantitative estimate of drug-likeness (QED) is 0.351. The molecule has 7 nitrogen and oxygen atoms in total. The minimum Gasteiger partial charge on any atom is -0.298 e. The minimum absolute atomic E-state index is 0.201. The van der Waals surface area contributed by atoms with E-state index in [1.165, 1.54) is 45.8 Å². The van der Waals surface area contributed by atoms with E-state index in [1.807, 2.05) is 41.8 Å². The summed E-state index contributed by atoms with van der Waals surface area (Å²) < 4.78 is 16.7. The molecule has 3 aromatic heterocycles. The molecule has 3 heterocycles. The molecule has 0 amide bonds. The van der Waals surface area contributed by atoms with Crippen molar-refractivity contribution in [3.05, 3.63) is 93.1 Å². The van der Waals surface area contributed by atoms with Gasteiger partial charge in [0.15, 0.2) is 11.0 Å². The molecule has 0 N–H and O–H groups in total. The van der Waals surface area contributed by atoms with E-state index in [0.29, 0.717) is 33.9 Å². The Morgan fingerprint density at radius 2 is 1.84 bits per heavy atom. The van der Waals surface area contributed by atoms with Crippen molar-refractivity contribution in [2.45, 2.75) is 24.4 Å². The summed E-state index contributed by atoms with van der Waals surface area (Å²) in [7, 11) is 0. The van der Waals surface area contributed by atoms with Crippen LogP contribution in [0.25, 0.3) is 16.3 Å². The lowest BCUT2D eigenvalue weighted by Crippen LogP contribution is -2.15. The molecule has 32 heavy (non-hydrogen) atoms. The number of hydrogen-bond acceptors (Lipinski definition) is 7. The summed E-state index contributed by atoms with van der Waals surface area (Å²) in [6, 6.07) is 17.7. The van der Waals surface area contributed by atoms with Crippen molar-refractivity contribution in [1.82, 2.24) is 29.4 Å². The summed E-state index contributed by atoms with van der Waals surface area (Å²) in [4.78, 5) is 17.5. The van der Waals surface area contributed by atoms with Gasteiger partial charge in [0.05, 0.1) is 12.2 Å². The van der Waals surface area contributed by atoms with Crippen molar-refractivity contribution < 1.29 is 4.39 Å². The molecule has 0 aliphatic carbocycles. The Bertz CT molecular complexity index is 1440. The number of fused-ring (bicyclic) bond motifs is 1.